The highest BCUT2D eigenvalue weighted by Gasteiger charge is 2.27. The van der Waals surface area contributed by atoms with E-state index in [1.807, 2.05) is 7.05 Å². The van der Waals surface area contributed by atoms with Crippen LogP contribution in [-0.4, -0.2) is 29.6 Å². The third-order valence-electron chi connectivity index (χ3n) is 2.49. The molecule has 0 aromatic carbocycles. The predicted molar refractivity (Wildman–Crippen MR) is 50.1 cm³/mol. The fourth-order valence-electron chi connectivity index (χ4n) is 1.79. The first kappa shape index (κ1) is 9.08. The third-order valence-corrected chi connectivity index (χ3v) is 2.49. The lowest BCUT2D eigenvalue weighted by molar-refractivity contribution is 0.0696. The SMILES string of the molecule is CN1CCc2c(oc(N)c2C(=O)O)C1. The molecule has 0 unspecified atom stereocenters. The van der Waals surface area contributed by atoms with Gasteiger partial charge in [-0.15, -0.1) is 0 Å². The molecular formula is C9H12N2O3. The van der Waals surface area contributed by atoms with E-state index in [1.165, 1.54) is 0 Å². The minimum atomic E-state index is -1.00. The maximum absolute atomic E-state index is 10.9. The standard InChI is InChI=1S/C9H12N2O3/c1-11-3-2-5-6(4-11)14-8(10)7(5)9(12)13/h2-4,10H2,1H3,(H,12,13). The van der Waals surface area contributed by atoms with Gasteiger partial charge in [-0.2, -0.15) is 0 Å². The summed E-state index contributed by atoms with van der Waals surface area (Å²) in [5, 5.41) is 8.92. The van der Waals surface area contributed by atoms with E-state index < -0.39 is 5.97 Å². The highest BCUT2D eigenvalue weighted by atomic mass is 16.4. The van der Waals surface area contributed by atoms with E-state index in [0.717, 1.165) is 12.1 Å². The van der Waals surface area contributed by atoms with Gasteiger partial charge in [-0.1, -0.05) is 0 Å². The van der Waals surface area contributed by atoms with Gasteiger partial charge in [0.25, 0.3) is 0 Å². The average molecular weight is 196 g/mol. The maximum atomic E-state index is 10.9. The van der Waals surface area contributed by atoms with Gasteiger partial charge >= 0.3 is 5.97 Å². The molecule has 0 saturated heterocycles. The first-order valence-electron chi connectivity index (χ1n) is 4.41. The molecular weight excluding hydrogens is 184 g/mol. The molecule has 2 heterocycles. The monoisotopic (exact) mass is 196 g/mol. The van der Waals surface area contributed by atoms with Crippen LogP contribution in [0.25, 0.3) is 0 Å². The zero-order chi connectivity index (χ0) is 10.3. The first-order valence-corrected chi connectivity index (χ1v) is 4.41. The van der Waals surface area contributed by atoms with Crippen molar-refractivity contribution in [2.24, 2.45) is 0 Å². The summed E-state index contributed by atoms with van der Waals surface area (Å²) in [5.41, 5.74) is 6.41. The molecule has 3 N–H and O–H groups in total. The highest BCUT2D eigenvalue weighted by molar-refractivity contribution is 5.94. The lowest BCUT2D eigenvalue weighted by atomic mass is 10.0. The fourth-order valence-corrected chi connectivity index (χ4v) is 1.79. The average Bonchev–Trinajstić information content (AvgIpc) is 2.39. The smallest absolute Gasteiger partial charge is 0.341 e. The third kappa shape index (κ3) is 1.26. The molecule has 0 spiro atoms. The molecule has 0 bridgehead atoms. The number of anilines is 1. The molecule has 1 aromatic rings. The molecule has 1 aromatic heterocycles. The van der Waals surface area contributed by atoms with Crippen molar-refractivity contribution in [3.8, 4) is 0 Å². The minimum Gasteiger partial charge on any atom is -0.477 e. The van der Waals surface area contributed by atoms with Crippen molar-refractivity contribution < 1.29 is 14.3 Å². The summed E-state index contributed by atoms with van der Waals surface area (Å²) in [6.45, 7) is 1.47. The van der Waals surface area contributed by atoms with E-state index in [0.29, 0.717) is 18.7 Å². The van der Waals surface area contributed by atoms with Gasteiger partial charge in [-0.25, -0.2) is 4.79 Å². The molecule has 0 saturated carbocycles. The van der Waals surface area contributed by atoms with Crippen molar-refractivity contribution in [1.82, 2.24) is 4.90 Å². The van der Waals surface area contributed by atoms with E-state index in [1.54, 1.807) is 0 Å². The number of aromatic carboxylic acids is 1. The van der Waals surface area contributed by atoms with Gasteiger partial charge in [-0.3, -0.25) is 4.90 Å². The van der Waals surface area contributed by atoms with Crippen LogP contribution in [-0.2, 0) is 13.0 Å². The molecule has 0 amide bonds. The molecule has 0 aliphatic carbocycles. The van der Waals surface area contributed by atoms with Gasteiger partial charge in [0, 0.05) is 12.1 Å². The second kappa shape index (κ2) is 3.02. The molecule has 14 heavy (non-hydrogen) atoms. The van der Waals surface area contributed by atoms with E-state index in [2.05, 4.69) is 4.90 Å². The Bertz CT molecular complexity index is 384. The summed E-state index contributed by atoms with van der Waals surface area (Å²) in [5.74, 6) is -0.288. The lowest BCUT2D eigenvalue weighted by Gasteiger charge is -2.20. The number of rotatable bonds is 1. The quantitative estimate of drug-likeness (QED) is 0.685. The lowest BCUT2D eigenvalue weighted by Crippen LogP contribution is -2.26. The number of carboxylic acids is 1. The van der Waals surface area contributed by atoms with Gasteiger partial charge < -0.3 is 15.3 Å². The van der Waals surface area contributed by atoms with Crippen LogP contribution in [0.3, 0.4) is 0 Å². The van der Waals surface area contributed by atoms with Crippen LogP contribution in [0, 0.1) is 0 Å². The second-order valence-electron chi connectivity index (χ2n) is 3.54. The number of carbonyl (C=O) groups is 1. The summed E-state index contributed by atoms with van der Waals surface area (Å²) in [6.07, 6.45) is 0.689. The van der Waals surface area contributed by atoms with Crippen LogP contribution in [0.5, 0.6) is 0 Å². The van der Waals surface area contributed by atoms with E-state index >= 15 is 0 Å². The Hall–Kier alpha value is -1.49. The molecule has 0 atom stereocenters. The largest absolute Gasteiger partial charge is 0.477 e. The van der Waals surface area contributed by atoms with Gasteiger partial charge in [0.2, 0.25) is 5.88 Å². The molecule has 2 rings (SSSR count). The van der Waals surface area contributed by atoms with Crippen LogP contribution < -0.4 is 5.73 Å². The number of likely N-dealkylation sites (N-methyl/N-ethyl adjacent to an activating group) is 1. The van der Waals surface area contributed by atoms with E-state index in [9.17, 15) is 4.79 Å². The number of nitrogens with zero attached hydrogens (tertiary/aromatic N) is 1. The molecule has 5 nitrogen and oxygen atoms in total. The minimum absolute atomic E-state index is 0.0257. The number of hydrogen-bond acceptors (Lipinski definition) is 4. The second-order valence-corrected chi connectivity index (χ2v) is 3.54. The van der Waals surface area contributed by atoms with Gasteiger partial charge in [0.05, 0.1) is 6.54 Å². The van der Waals surface area contributed by atoms with Gasteiger partial charge in [0.1, 0.15) is 11.3 Å². The first-order chi connectivity index (χ1) is 6.59. The van der Waals surface area contributed by atoms with Crippen molar-refractivity contribution >= 4 is 11.9 Å². The number of nitrogen functional groups attached to an aromatic ring is 1. The number of furan rings is 1. The Balaban J connectivity index is 2.49. The highest BCUT2D eigenvalue weighted by Crippen LogP contribution is 2.29. The van der Waals surface area contributed by atoms with Crippen molar-refractivity contribution in [3.63, 3.8) is 0 Å². The van der Waals surface area contributed by atoms with Crippen LogP contribution in [0.4, 0.5) is 5.88 Å². The van der Waals surface area contributed by atoms with Crippen molar-refractivity contribution in [2.45, 2.75) is 13.0 Å². The van der Waals surface area contributed by atoms with Crippen LogP contribution in [0.15, 0.2) is 4.42 Å². The number of fused-ring (bicyclic) bond motifs is 1. The Morgan fingerprint density at radius 1 is 1.64 bits per heavy atom. The summed E-state index contributed by atoms with van der Waals surface area (Å²) < 4.78 is 5.22. The zero-order valence-electron chi connectivity index (χ0n) is 7.91. The van der Waals surface area contributed by atoms with Crippen LogP contribution >= 0.6 is 0 Å². The van der Waals surface area contributed by atoms with Crippen molar-refractivity contribution in [1.29, 1.82) is 0 Å². The van der Waals surface area contributed by atoms with Gasteiger partial charge in [0.15, 0.2) is 0 Å². The van der Waals surface area contributed by atoms with Crippen LogP contribution in [0.2, 0.25) is 0 Å². The molecule has 76 valence electrons. The number of carboxylic acid groups (broad SMARTS) is 1. The summed E-state index contributed by atoms with van der Waals surface area (Å²) in [6, 6.07) is 0. The number of nitrogens with two attached hydrogens (primary N) is 1. The topological polar surface area (TPSA) is 79.7 Å². The van der Waals surface area contributed by atoms with Crippen molar-refractivity contribution in [3.05, 3.63) is 16.9 Å². The maximum Gasteiger partial charge on any atom is 0.341 e. The summed E-state index contributed by atoms with van der Waals surface area (Å²) >= 11 is 0. The van der Waals surface area contributed by atoms with Crippen molar-refractivity contribution in [2.75, 3.05) is 19.3 Å². The Morgan fingerprint density at radius 3 is 3.00 bits per heavy atom. The Kier molecular flexibility index (Phi) is 1.96. The molecule has 0 radical (unpaired) electrons. The fraction of sp³-hybridized carbons (Fsp3) is 0.444. The summed E-state index contributed by atoms with van der Waals surface area (Å²) in [4.78, 5) is 12.9. The molecule has 1 aliphatic rings. The number of hydrogen-bond donors (Lipinski definition) is 2. The van der Waals surface area contributed by atoms with Gasteiger partial charge in [-0.05, 0) is 13.5 Å². The Morgan fingerprint density at radius 2 is 2.36 bits per heavy atom. The van der Waals surface area contributed by atoms with E-state index in [-0.39, 0.29) is 11.4 Å². The molecule has 5 heteroatoms. The van der Waals surface area contributed by atoms with Crippen LogP contribution in [0.1, 0.15) is 21.7 Å². The predicted octanol–water partition coefficient (Wildman–Crippen LogP) is 0.548. The Labute approximate surface area is 81.1 Å². The zero-order valence-corrected chi connectivity index (χ0v) is 7.91. The van der Waals surface area contributed by atoms with E-state index in [4.69, 9.17) is 15.3 Å². The summed E-state index contributed by atoms with van der Waals surface area (Å²) in [7, 11) is 1.96. The molecule has 0 fully saturated rings. The normalized spacial score (nSPS) is 16.6. The molecule has 1 aliphatic heterocycles.